The number of carbonyl (C=O) groups excluding carboxylic acids is 3. The Morgan fingerprint density at radius 3 is 2.54 bits per heavy atom. The Morgan fingerprint density at radius 2 is 1.94 bits per heavy atom. The van der Waals surface area contributed by atoms with E-state index in [1.807, 2.05) is 0 Å². The Morgan fingerprint density at radius 1 is 1.20 bits per heavy atom. The number of benzene rings is 2. The number of hydrogen-bond acceptors (Lipinski definition) is 7. The van der Waals surface area contributed by atoms with Gasteiger partial charge in [-0.3, -0.25) is 19.8 Å². The molecule has 11 heteroatoms. The summed E-state index contributed by atoms with van der Waals surface area (Å²) in [7, 11) is 4.37. The largest absolute Gasteiger partial charge is 0.497 e. The van der Waals surface area contributed by atoms with Crippen LogP contribution in [0.4, 0.5) is 0 Å². The van der Waals surface area contributed by atoms with E-state index < -0.39 is 24.3 Å². The first-order valence-electron chi connectivity index (χ1n) is 10.9. The fourth-order valence-electron chi connectivity index (χ4n) is 3.85. The zero-order chi connectivity index (χ0) is 25.7. The van der Waals surface area contributed by atoms with Gasteiger partial charge in [-0.1, -0.05) is 12.1 Å². The molecule has 0 aromatic heterocycles. The molecule has 0 fully saturated rings. The van der Waals surface area contributed by atoms with E-state index in [4.69, 9.17) is 25.4 Å². The first-order valence-corrected chi connectivity index (χ1v) is 10.9. The van der Waals surface area contributed by atoms with Crippen LogP contribution in [0.3, 0.4) is 0 Å². The summed E-state index contributed by atoms with van der Waals surface area (Å²) in [5, 5.41) is 12.9. The summed E-state index contributed by atoms with van der Waals surface area (Å²) >= 11 is 0. The van der Waals surface area contributed by atoms with Crippen LogP contribution >= 0.6 is 0 Å². The molecule has 2 aromatic rings. The number of nitrogens with zero attached hydrogens (tertiary/aromatic N) is 1. The van der Waals surface area contributed by atoms with Crippen LogP contribution in [-0.4, -0.2) is 62.6 Å². The highest BCUT2D eigenvalue weighted by molar-refractivity contribution is 6.02. The van der Waals surface area contributed by atoms with Gasteiger partial charge in [0.1, 0.15) is 11.6 Å². The molecule has 35 heavy (non-hydrogen) atoms. The topological polar surface area (TPSA) is 156 Å². The van der Waals surface area contributed by atoms with Crippen molar-refractivity contribution in [3.05, 3.63) is 64.2 Å². The monoisotopic (exact) mass is 483 g/mol. The van der Waals surface area contributed by atoms with Gasteiger partial charge in [-0.05, 0) is 36.8 Å². The fourth-order valence-corrected chi connectivity index (χ4v) is 3.85. The van der Waals surface area contributed by atoms with E-state index in [9.17, 15) is 14.4 Å². The van der Waals surface area contributed by atoms with Crippen LogP contribution in [0.15, 0.2) is 36.4 Å². The number of rotatable bonds is 10. The SMILES string of the molecule is CCOC(C(=O)NC(OC)c1ccc(C(=N)N)cc1C(=O)NC)N1Cc2cc(OC)ccc2C1=O. The highest BCUT2D eigenvalue weighted by Gasteiger charge is 2.38. The Balaban J connectivity index is 1.89. The molecule has 5 N–H and O–H groups in total. The Hall–Kier alpha value is -3.96. The number of carbonyl (C=O) groups is 3. The molecule has 186 valence electrons. The van der Waals surface area contributed by atoms with Gasteiger partial charge in [0.25, 0.3) is 17.7 Å². The minimum absolute atomic E-state index is 0.165. The van der Waals surface area contributed by atoms with Gasteiger partial charge in [0.05, 0.1) is 7.11 Å². The lowest BCUT2D eigenvalue weighted by atomic mass is 10.0. The van der Waals surface area contributed by atoms with Crippen molar-refractivity contribution in [1.82, 2.24) is 15.5 Å². The minimum Gasteiger partial charge on any atom is -0.497 e. The summed E-state index contributed by atoms with van der Waals surface area (Å²) in [6.45, 7) is 2.06. The predicted molar refractivity (Wildman–Crippen MR) is 127 cm³/mol. The molecule has 0 aliphatic carbocycles. The van der Waals surface area contributed by atoms with Crippen LogP contribution in [0, 0.1) is 5.41 Å². The van der Waals surface area contributed by atoms with Crippen LogP contribution < -0.4 is 21.1 Å². The van der Waals surface area contributed by atoms with E-state index in [1.54, 1.807) is 37.3 Å². The molecular formula is C24H29N5O6. The summed E-state index contributed by atoms with van der Waals surface area (Å²) in [4.78, 5) is 40.2. The normalized spacial score (nSPS) is 14.2. The number of fused-ring (bicyclic) bond motifs is 1. The second-order valence-electron chi connectivity index (χ2n) is 7.68. The highest BCUT2D eigenvalue weighted by atomic mass is 16.5. The van der Waals surface area contributed by atoms with Gasteiger partial charge in [0.15, 0.2) is 6.23 Å². The van der Waals surface area contributed by atoms with E-state index in [0.717, 1.165) is 5.56 Å². The molecular weight excluding hydrogens is 454 g/mol. The Kier molecular flexibility index (Phi) is 8.05. The number of nitrogen functional groups attached to an aromatic ring is 1. The van der Waals surface area contributed by atoms with E-state index in [1.165, 1.54) is 32.2 Å². The third kappa shape index (κ3) is 5.26. The number of amides is 3. The lowest BCUT2D eigenvalue weighted by Gasteiger charge is -2.29. The van der Waals surface area contributed by atoms with Crippen LogP contribution in [0.25, 0.3) is 0 Å². The molecule has 2 aromatic carbocycles. The third-order valence-corrected chi connectivity index (χ3v) is 5.60. The molecule has 2 unspecified atom stereocenters. The van der Waals surface area contributed by atoms with Crippen molar-refractivity contribution in [2.45, 2.75) is 25.9 Å². The van der Waals surface area contributed by atoms with Crippen molar-refractivity contribution >= 4 is 23.6 Å². The number of nitrogens with two attached hydrogens (primary N) is 1. The zero-order valence-electron chi connectivity index (χ0n) is 20.0. The van der Waals surface area contributed by atoms with Crippen molar-refractivity contribution in [3.8, 4) is 5.75 Å². The zero-order valence-corrected chi connectivity index (χ0v) is 20.0. The minimum atomic E-state index is -1.23. The Bertz CT molecular complexity index is 1150. The number of nitrogens with one attached hydrogen (secondary N) is 3. The van der Waals surface area contributed by atoms with Crippen molar-refractivity contribution < 1.29 is 28.6 Å². The molecule has 0 spiro atoms. The Labute approximate surface area is 203 Å². The van der Waals surface area contributed by atoms with E-state index in [2.05, 4.69) is 10.6 Å². The maximum absolute atomic E-state index is 13.3. The fraction of sp³-hybridized carbons (Fsp3) is 0.333. The first kappa shape index (κ1) is 25.7. The van der Waals surface area contributed by atoms with E-state index in [0.29, 0.717) is 22.4 Å². The number of hydrogen-bond donors (Lipinski definition) is 4. The van der Waals surface area contributed by atoms with Gasteiger partial charge in [0.2, 0.25) is 6.23 Å². The van der Waals surface area contributed by atoms with E-state index in [-0.39, 0.29) is 30.5 Å². The van der Waals surface area contributed by atoms with Crippen molar-refractivity contribution in [3.63, 3.8) is 0 Å². The summed E-state index contributed by atoms with van der Waals surface area (Å²) in [5.41, 5.74) is 7.62. The standard InChI is InChI=1S/C24H29N5O6/c1-5-35-24(29-12-14-10-15(33-3)7-9-16(14)23(29)32)21(31)28-22(34-4)17-8-6-13(19(25)26)11-18(17)20(30)27-2/h6-11,22,24H,5,12H2,1-4H3,(H3,25,26)(H,27,30)(H,28,31). The van der Waals surface area contributed by atoms with Gasteiger partial charge in [-0.15, -0.1) is 0 Å². The lowest BCUT2D eigenvalue weighted by Crippen LogP contribution is -2.50. The van der Waals surface area contributed by atoms with Crippen molar-refractivity contribution in [2.75, 3.05) is 27.9 Å². The predicted octanol–water partition coefficient (Wildman–Crippen LogP) is 1.12. The second-order valence-corrected chi connectivity index (χ2v) is 7.68. The second kappa shape index (κ2) is 11.0. The smallest absolute Gasteiger partial charge is 0.272 e. The maximum Gasteiger partial charge on any atom is 0.272 e. The molecule has 0 saturated carbocycles. The number of ether oxygens (including phenoxy) is 3. The summed E-state index contributed by atoms with van der Waals surface area (Å²) in [5.74, 6) is -1.02. The van der Waals surface area contributed by atoms with Gasteiger partial charge in [-0.25, -0.2) is 0 Å². The average molecular weight is 484 g/mol. The molecule has 3 amide bonds. The van der Waals surface area contributed by atoms with Gasteiger partial charge in [-0.2, -0.15) is 0 Å². The first-order chi connectivity index (χ1) is 16.7. The van der Waals surface area contributed by atoms with Crippen LogP contribution in [0.5, 0.6) is 5.75 Å². The third-order valence-electron chi connectivity index (χ3n) is 5.60. The van der Waals surface area contributed by atoms with Crippen LogP contribution in [0.2, 0.25) is 0 Å². The highest BCUT2D eigenvalue weighted by Crippen LogP contribution is 2.29. The summed E-state index contributed by atoms with van der Waals surface area (Å²) < 4.78 is 16.4. The van der Waals surface area contributed by atoms with Crippen molar-refractivity contribution in [1.29, 1.82) is 5.41 Å². The molecule has 0 saturated heterocycles. The molecule has 1 aliphatic rings. The van der Waals surface area contributed by atoms with E-state index >= 15 is 0 Å². The van der Waals surface area contributed by atoms with Gasteiger partial charge in [0, 0.05) is 49.6 Å². The summed E-state index contributed by atoms with van der Waals surface area (Å²) in [6.07, 6.45) is -2.28. The number of amidine groups is 1. The summed E-state index contributed by atoms with van der Waals surface area (Å²) in [6, 6.07) is 9.63. The van der Waals surface area contributed by atoms with Crippen molar-refractivity contribution in [2.24, 2.45) is 5.73 Å². The number of methoxy groups -OCH3 is 2. The van der Waals surface area contributed by atoms with Crippen LogP contribution in [-0.2, 0) is 20.8 Å². The lowest BCUT2D eigenvalue weighted by molar-refractivity contribution is -0.147. The molecule has 0 bridgehead atoms. The average Bonchev–Trinajstić information content (AvgIpc) is 3.19. The quantitative estimate of drug-likeness (QED) is 0.224. The molecule has 2 atom stereocenters. The van der Waals surface area contributed by atoms with Gasteiger partial charge >= 0.3 is 0 Å². The van der Waals surface area contributed by atoms with Gasteiger partial charge < -0.3 is 35.5 Å². The molecule has 1 heterocycles. The molecule has 1 aliphatic heterocycles. The maximum atomic E-state index is 13.3. The van der Waals surface area contributed by atoms with Crippen LogP contribution in [0.1, 0.15) is 50.6 Å². The molecule has 0 radical (unpaired) electrons. The molecule has 11 nitrogen and oxygen atoms in total. The molecule has 3 rings (SSSR count).